The van der Waals surface area contributed by atoms with E-state index in [9.17, 15) is 0 Å². The van der Waals surface area contributed by atoms with Gasteiger partial charge < -0.3 is 15.6 Å². The smallest absolute Gasteiger partial charge is 0.128 e. The summed E-state index contributed by atoms with van der Waals surface area (Å²) in [7, 11) is 0. The lowest BCUT2D eigenvalue weighted by Crippen LogP contribution is -2.10. The lowest BCUT2D eigenvalue weighted by Gasteiger charge is -2.06. The van der Waals surface area contributed by atoms with Gasteiger partial charge in [-0.3, -0.25) is 0 Å². The highest BCUT2D eigenvalue weighted by Gasteiger charge is 1.94. The number of nitrogens with zero attached hydrogens (tertiary/aromatic N) is 3. The van der Waals surface area contributed by atoms with Gasteiger partial charge in [-0.2, -0.15) is 0 Å². The highest BCUT2D eigenvalue weighted by molar-refractivity contribution is 5.48. The average molecular weight is 203 g/mol. The van der Waals surface area contributed by atoms with Gasteiger partial charge in [-0.05, 0) is 6.07 Å². The van der Waals surface area contributed by atoms with Crippen LogP contribution in [-0.4, -0.2) is 21.1 Å². The standard InChI is InChI=1S/C10H13N5/c11-9-1-2-13-10(7-9)14-4-6-15-5-3-12-8-15/h1-3,5,7-8H,4,6H2,(H3,11,13,14). The van der Waals surface area contributed by atoms with E-state index in [0.717, 1.165) is 24.6 Å². The van der Waals surface area contributed by atoms with Crippen LogP contribution in [0.3, 0.4) is 0 Å². The first-order chi connectivity index (χ1) is 7.34. The molecule has 0 aliphatic rings. The Morgan fingerprint density at radius 2 is 2.33 bits per heavy atom. The minimum absolute atomic E-state index is 0.718. The molecular formula is C10H13N5. The van der Waals surface area contributed by atoms with Crippen molar-refractivity contribution >= 4 is 11.5 Å². The van der Waals surface area contributed by atoms with E-state index < -0.39 is 0 Å². The van der Waals surface area contributed by atoms with Crippen LogP contribution >= 0.6 is 0 Å². The predicted molar refractivity (Wildman–Crippen MR) is 59.4 cm³/mol. The molecule has 0 radical (unpaired) electrons. The summed E-state index contributed by atoms with van der Waals surface area (Å²) in [5.41, 5.74) is 6.35. The van der Waals surface area contributed by atoms with Crippen molar-refractivity contribution in [2.75, 3.05) is 17.6 Å². The Hall–Kier alpha value is -2.04. The molecule has 0 amide bonds. The fourth-order valence-electron chi connectivity index (χ4n) is 1.28. The van der Waals surface area contributed by atoms with Crippen molar-refractivity contribution < 1.29 is 0 Å². The molecule has 0 bridgehead atoms. The third kappa shape index (κ3) is 2.70. The highest BCUT2D eigenvalue weighted by Crippen LogP contribution is 2.07. The van der Waals surface area contributed by atoms with E-state index in [1.54, 1.807) is 24.8 Å². The van der Waals surface area contributed by atoms with Crippen molar-refractivity contribution in [1.29, 1.82) is 0 Å². The molecule has 0 aromatic carbocycles. The molecule has 15 heavy (non-hydrogen) atoms. The number of aromatic nitrogens is 3. The van der Waals surface area contributed by atoms with Crippen LogP contribution in [0.25, 0.3) is 0 Å². The van der Waals surface area contributed by atoms with Gasteiger partial charge in [0, 0.05) is 43.4 Å². The molecule has 2 aromatic rings. The number of rotatable bonds is 4. The summed E-state index contributed by atoms with van der Waals surface area (Å²) < 4.78 is 2.00. The van der Waals surface area contributed by atoms with Crippen molar-refractivity contribution in [2.24, 2.45) is 0 Å². The number of anilines is 2. The van der Waals surface area contributed by atoms with Crippen LogP contribution in [0.2, 0.25) is 0 Å². The van der Waals surface area contributed by atoms with Crippen LogP contribution in [0.4, 0.5) is 11.5 Å². The van der Waals surface area contributed by atoms with E-state index in [2.05, 4.69) is 15.3 Å². The summed E-state index contributed by atoms with van der Waals surface area (Å²) in [4.78, 5) is 8.10. The minimum atomic E-state index is 0.718. The van der Waals surface area contributed by atoms with Gasteiger partial charge in [0.2, 0.25) is 0 Å². The van der Waals surface area contributed by atoms with Gasteiger partial charge in [-0.25, -0.2) is 9.97 Å². The molecule has 2 rings (SSSR count). The topological polar surface area (TPSA) is 68.8 Å². The van der Waals surface area contributed by atoms with Crippen LogP contribution in [-0.2, 0) is 6.54 Å². The number of nitrogen functional groups attached to an aromatic ring is 1. The maximum atomic E-state index is 5.63. The number of nitrogens with one attached hydrogen (secondary N) is 1. The monoisotopic (exact) mass is 203 g/mol. The van der Waals surface area contributed by atoms with Crippen LogP contribution in [0.15, 0.2) is 37.1 Å². The third-order valence-electron chi connectivity index (χ3n) is 2.02. The first-order valence-corrected chi connectivity index (χ1v) is 4.76. The van der Waals surface area contributed by atoms with Crippen molar-refractivity contribution in [3.8, 4) is 0 Å². The fourth-order valence-corrected chi connectivity index (χ4v) is 1.28. The van der Waals surface area contributed by atoms with Gasteiger partial charge in [0.1, 0.15) is 5.82 Å². The molecular weight excluding hydrogens is 190 g/mol. The maximum absolute atomic E-state index is 5.63. The molecule has 2 aromatic heterocycles. The zero-order chi connectivity index (χ0) is 10.5. The Balaban J connectivity index is 1.83. The van der Waals surface area contributed by atoms with Gasteiger partial charge in [-0.1, -0.05) is 0 Å². The molecule has 0 aliphatic heterocycles. The number of hydrogen-bond acceptors (Lipinski definition) is 4. The lowest BCUT2D eigenvalue weighted by atomic mass is 10.4. The Morgan fingerprint density at radius 3 is 3.07 bits per heavy atom. The van der Waals surface area contributed by atoms with Crippen LogP contribution in [0.5, 0.6) is 0 Å². The summed E-state index contributed by atoms with van der Waals surface area (Å²) in [6.07, 6.45) is 7.16. The summed E-state index contributed by atoms with van der Waals surface area (Å²) in [5.74, 6) is 0.801. The van der Waals surface area contributed by atoms with Crippen LogP contribution in [0.1, 0.15) is 0 Å². The Kier molecular flexibility index (Phi) is 2.82. The van der Waals surface area contributed by atoms with Crippen LogP contribution in [0, 0.1) is 0 Å². The number of nitrogens with two attached hydrogens (primary N) is 1. The van der Waals surface area contributed by atoms with Gasteiger partial charge in [0.05, 0.1) is 6.33 Å². The second-order valence-electron chi connectivity index (χ2n) is 3.20. The van der Waals surface area contributed by atoms with E-state index in [-0.39, 0.29) is 0 Å². The molecule has 5 nitrogen and oxygen atoms in total. The maximum Gasteiger partial charge on any atom is 0.128 e. The minimum Gasteiger partial charge on any atom is -0.399 e. The average Bonchev–Trinajstić information content (AvgIpc) is 2.71. The van der Waals surface area contributed by atoms with Crippen molar-refractivity contribution in [2.45, 2.75) is 6.54 Å². The Bertz CT molecular complexity index is 410. The zero-order valence-corrected chi connectivity index (χ0v) is 8.30. The SMILES string of the molecule is Nc1ccnc(NCCn2ccnc2)c1. The summed E-state index contributed by atoms with van der Waals surface area (Å²) in [5, 5.41) is 3.18. The van der Waals surface area contributed by atoms with Gasteiger partial charge in [-0.15, -0.1) is 0 Å². The number of hydrogen-bond donors (Lipinski definition) is 2. The molecule has 3 N–H and O–H groups in total. The van der Waals surface area contributed by atoms with Crippen molar-refractivity contribution in [3.05, 3.63) is 37.1 Å². The molecule has 2 heterocycles. The normalized spacial score (nSPS) is 10.1. The molecule has 0 saturated heterocycles. The first-order valence-electron chi connectivity index (χ1n) is 4.76. The summed E-state index contributed by atoms with van der Waals surface area (Å²) in [6.45, 7) is 1.66. The Labute approximate surface area is 88.0 Å². The second-order valence-corrected chi connectivity index (χ2v) is 3.20. The summed E-state index contributed by atoms with van der Waals surface area (Å²) in [6, 6.07) is 3.58. The first kappa shape index (κ1) is 9.51. The lowest BCUT2D eigenvalue weighted by molar-refractivity contribution is 0.725. The van der Waals surface area contributed by atoms with Gasteiger partial charge >= 0.3 is 0 Å². The van der Waals surface area contributed by atoms with Gasteiger partial charge in [0.25, 0.3) is 0 Å². The highest BCUT2D eigenvalue weighted by atomic mass is 15.1. The second kappa shape index (κ2) is 4.45. The molecule has 0 atom stereocenters. The molecule has 0 saturated carbocycles. The van der Waals surface area contributed by atoms with Gasteiger partial charge in [0.15, 0.2) is 0 Å². The zero-order valence-electron chi connectivity index (χ0n) is 8.30. The molecule has 0 spiro atoms. The predicted octanol–water partition coefficient (Wildman–Crippen LogP) is 0.972. The van der Waals surface area contributed by atoms with E-state index in [4.69, 9.17) is 5.73 Å². The quantitative estimate of drug-likeness (QED) is 0.777. The molecule has 5 heteroatoms. The largest absolute Gasteiger partial charge is 0.399 e. The molecule has 0 fully saturated rings. The number of imidazole rings is 1. The Morgan fingerprint density at radius 1 is 1.40 bits per heavy atom. The molecule has 0 unspecified atom stereocenters. The van der Waals surface area contributed by atoms with E-state index in [0.29, 0.717) is 0 Å². The van der Waals surface area contributed by atoms with E-state index in [1.165, 1.54) is 0 Å². The number of pyridine rings is 1. The molecule has 78 valence electrons. The third-order valence-corrected chi connectivity index (χ3v) is 2.02. The molecule has 0 aliphatic carbocycles. The van der Waals surface area contributed by atoms with Crippen molar-refractivity contribution in [3.63, 3.8) is 0 Å². The van der Waals surface area contributed by atoms with Crippen LogP contribution < -0.4 is 11.1 Å². The van der Waals surface area contributed by atoms with E-state index in [1.807, 2.05) is 16.8 Å². The van der Waals surface area contributed by atoms with Crippen molar-refractivity contribution in [1.82, 2.24) is 14.5 Å². The fraction of sp³-hybridized carbons (Fsp3) is 0.200. The van der Waals surface area contributed by atoms with E-state index >= 15 is 0 Å². The summed E-state index contributed by atoms with van der Waals surface area (Å²) >= 11 is 0.